The zero-order valence-corrected chi connectivity index (χ0v) is 14.8. The van der Waals surface area contributed by atoms with E-state index in [1.807, 2.05) is 35.2 Å². The van der Waals surface area contributed by atoms with Gasteiger partial charge in [-0.1, -0.05) is 30.3 Å². The van der Waals surface area contributed by atoms with Crippen molar-refractivity contribution in [3.8, 4) is 0 Å². The molecule has 0 radical (unpaired) electrons. The Labute approximate surface area is 149 Å². The Morgan fingerprint density at radius 2 is 2.00 bits per heavy atom. The van der Waals surface area contributed by atoms with Gasteiger partial charge in [-0.3, -0.25) is 9.59 Å². The van der Waals surface area contributed by atoms with E-state index in [1.165, 1.54) is 0 Å². The van der Waals surface area contributed by atoms with E-state index in [2.05, 4.69) is 5.32 Å². The number of nitrogens with zero attached hydrogens (tertiary/aromatic N) is 1. The molecule has 0 bridgehead atoms. The molecule has 1 saturated heterocycles. The van der Waals surface area contributed by atoms with Crippen molar-refractivity contribution in [3.05, 3.63) is 35.9 Å². The first-order valence-electron chi connectivity index (χ1n) is 9.08. The normalized spacial score (nSPS) is 17.3. The molecule has 138 valence electrons. The van der Waals surface area contributed by atoms with Crippen LogP contribution in [-0.2, 0) is 20.9 Å². The number of rotatable bonds is 9. The molecule has 1 unspecified atom stereocenters. The largest absolute Gasteiger partial charge is 0.376 e. The summed E-state index contributed by atoms with van der Waals surface area (Å²) in [5, 5.41) is 2.88. The second-order valence-corrected chi connectivity index (χ2v) is 6.37. The Morgan fingerprint density at radius 3 is 2.76 bits per heavy atom. The SMILES string of the molecule is NCCC(=O)NCC1CCCCN1C(=O)CCOCc1ccccc1. The Balaban J connectivity index is 1.72. The molecule has 0 aliphatic carbocycles. The minimum Gasteiger partial charge on any atom is -0.376 e. The fraction of sp³-hybridized carbons (Fsp3) is 0.579. The number of amides is 2. The number of hydrogen-bond donors (Lipinski definition) is 2. The van der Waals surface area contributed by atoms with Crippen molar-refractivity contribution in [1.82, 2.24) is 10.2 Å². The third-order valence-corrected chi connectivity index (χ3v) is 4.43. The summed E-state index contributed by atoms with van der Waals surface area (Å²) in [6, 6.07) is 10.0. The van der Waals surface area contributed by atoms with Crippen molar-refractivity contribution in [3.63, 3.8) is 0 Å². The molecule has 0 spiro atoms. The van der Waals surface area contributed by atoms with Crippen molar-refractivity contribution in [2.24, 2.45) is 5.73 Å². The predicted molar refractivity (Wildman–Crippen MR) is 96.7 cm³/mol. The maximum absolute atomic E-state index is 12.5. The van der Waals surface area contributed by atoms with Crippen LogP contribution in [0.5, 0.6) is 0 Å². The topological polar surface area (TPSA) is 84.7 Å². The van der Waals surface area contributed by atoms with Gasteiger partial charge in [0.25, 0.3) is 0 Å². The number of nitrogens with two attached hydrogens (primary N) is 1. The molecule has 0 saturated carbocycles. The molecule has 1 aliphatic rings. The summed E-state index contributed by atoms with van der Waals surface area (Å²) >= 11 is 0. The number of hydrogen-bond acceptors (Lipinski definition) is 4. The molecule has 25 heavy (non-hydrogen) atoms. The number of ether oxygens (including phenoxy) is 1. The molecule has 1 fully saturated rings. The molecule has 6 nitrogen and oxygen atoms in total. The summed E-state index contributed by atoms with van der Waals surface area (Å²) in [4.78, 5) is 26.0. The third-order valence-electron chi connectivity index (χ3n) is 4.43. The number of likely N-dealkylation sites (tertiary alicyclic amines) is 1. The molecule has 1 aromatic rings. The van der Waals surface area contributed by atoms with Crippen LogP contribution in [0.1, 0.15) is 37.7 Å². The van der Waals surface area contributed by atoms with Gasteiger partial charge in [0.05, 0.1) is 19.6 Å². The molecule has 2 rings (SSSR count). The molecular weight excluding hydrogens is 318 g/mol. The van der Waals surface area contributed by atoms with E-state index in [0.29, 0.717) is 39.1 Å². The molecule has 3 N–H and O–H groups in total. The lowest BCUT2D eigenvalue weighted by molar-refractivity contribution is -0.136. The second kappa shape index (κ2) is 10.8. The summed E-state index contributed by atoms with van der Waals surface area (Å²) in [6.07, 6.45) is 3.74. The number of carbonyl (C=O) groups is 2. The lowest BCUT2D eigenvalue weighted by atomic mass is 10.0. The Morgan fingerprint density at radius 1 is 1.20 bits per heavy atom. The van der Waals surface area contributed by atoms with Gasteiger partial charge in [-0.2, -0.15) is 0 Å². The zero-order valence-electron chi connectivity index (χ0n) is 14.8. The summed E-state index contributed by atoms with van der Waals surface area (Å²) in [5.41, 5.74) is 6.49. The van der Waals surface area contributed by atoms with E-state index < -0.39 is 0 Å². The van der Waals surface area contributed by atoms with E-state index in [4.69, 9.17) is 10.5 Å². The summed E-state index contributed by atoms with van der Waals surface area (Å²) in [7, 11) is 0. The van der Waals surface area contributed by atoms with Crippen molar-refractivity contribution >= 4 is 11.8 Å². The molecule has 1 heterocycles. The average molecular weight is 347 g/mol. The Bertz CT molecular complexity index is 536. The summed E-state index contributed by atoms with van der Waals surface area (Å²) in [6.45, 7) is 2.55. The van der Waals surface area contributed by atoms with Gasteiger partial charge in [0.15, 0.2) is 0 Å². The van der Waals surface area contributed by atoms with Crippen LogP contribution in [0.3, 0.4) is 0 Å². The van der Waals surface area contributed by atoms with E-state index in [1.54, 1.807) is 0 Å². The van der Waals surface area contributed by atoms with E-state index in [0.717, 1.165) is 31.4 Å². The predicted octanol–water partition coefficient (Wildman–Crippen LogP) is 1.44. The number of piperidine rings is 1. The maximum atomic E-state index is 12.5. The van der Waals surface area contributed by atoms with Crippen molar-refractivity contribution < 1.29 is 14.3 Å². The van der Waals surface area contributed by atoms with Gasteiger partial charge in [0.1, 0.15) is 0 Å². The van der Waals surface area contributed by atoms with Crippen LogP contribution in [0.15, 0.2) is 30.3 Å². The monoisotopic (exact) mass is 347 g/mol. The van der Waals surface area contributed by atoms with Gasteiger partial charge in [-0.15, -0.1) is 0 Å². The lowest BCUT2D eigenvalue weighted by Gasteiger charge is -2.36. The van der Waals surface area contributed by atoms with E-state index in [-0.39, 0.29) is 17.9 Å². The lowest BCUT2D eigenvalue weighted by Crippen LogP contribution is -2.49. The average Bonchev–Trinajstić information content (AvgIpc) is 2.65. The highest BCUT2D eigenvalue weighted by atomic mass is 16.5. The first-order chi connectivity index (χ1) is 12.2. The highest BCUT2D eigenvalue weighted by molar-refractivity contribution is 5.77. The summed E-state index contributed by atoms with van der Waals surface area (Å²) in [5.74, 6) is 0.0532. The van der Waals surface area contributed by atoms with Crippen molar-refractivity contribution in [1.29, 1.82) is 0 Å². The molecule has 6 heteroatoms. The highest BCUT2D eigenvalue weighted by Crippen LogP contribution is 2.17. The van der Waals surface area contributed by atoms with E-state index in [9.17, 15) is 9.59 Å². The van der Waals surface area contributed by atoms with Gasteiger partial charge in [-0.25, -0.2) is 0 Å². The smallest absolute Gasteiger partial charge is 0.225 e. The van der Waals surface area contributed by atoms with Crippen LogP contribution >= 0.6 is 0 Å². The summed E-state index contributed by atoms with van der Waals surface area (Å²) < 4.78 is 5.62. The number of nitrogens with one attached hydrogen (secondary N) is 1. The quantitative estimate of drug-likeness (QED) is 0.662. The van der Waals surface area contributed by atoms with Crippen molar-refractivity contribution in [2.45, 2.75) is 44.8 Å². The highest BCUT2D eigenvalue weighted by Gasteiger charge is 2.26. The van der Waals surface area contributed by atoms with Crippen LogP contribution < -0.4 is 11.1 Å². The minimum absolute atomic E-state index is 0.0494. The Hall–Kier alpha value is -1.92. The molecule has 0 aromatic heterocycles. The molecule has 1 aromatic carbocycles. The van der Waals surface area contributed by atoms with Gasteiger partial charge in [0.2, 0.25) is 11.8 Å². The van der Waals surface area contributed by atoms with Crippen LogP contribution in [0, 0.1) is 0 Å². The van der Waals surface area contributed by atoms with Gasteiger partial charge >= 0.3 is 0 Å². The van der Waals surface area contributed by atoms with Crippen LogP contribution in [0.4, 0.5) is 0 Å². The Kier molecular flexibility index (Phi) is 8.42. The fourth-order valence-corrected chi connectivity index (χ4v) is 3.06. The van der Waals surface area contributed by atoms with Gasteiger partial charge in [0, 0.05) is 32.1 Å². The second-order valence-electron chi connectivity index (χ2n) is 6.37. The van der Waals surface area contributed by atoms with E-state index >= 15 is 0 Å². The van der Waals surface area contributed by atoms with Crippen LogP contribution in [0.25, 0.3) is 0 Å². The standard InChI is InChI=1S/C19H29N3O3/c20-11-9-18(23)21-14-17-8-4-5-12-22(17)19(24)10-13-25-15-16-6-2-1-3-7-16/h1-3,6-7,17H,4-5,8-15,20H2,(H,21,23). The number of benzene rings is 1. The van der Waals surface area contributed by atoms with Crippen molar-refractivity contribution in [2.75, 3.05) is 26.2 Å². The third kappa shape index (κ3) is 6.84. The molecule has 1 atom stereocenters. The molecule has 2 amide bonds. The molecular formula is C19H29N3O3. The fourth-order valence-electron chi connectivity index (χ4n) is 3.06. The molecule has 1 aliphatic heterocycles. The van der Waals surface area contributed by atoms with Crippen LogP contribution in [0.2, 0.25) is 0 Å². The maximum Gasteiger partial charge on any atom is 0.225 e. The first kappa shape index (κ1) is 19.4. The number of carbonyl (C=O) groups excluding carboxylic acids is 2. The van der Waals surface area contributed by atoms with Gasteiger partial charge in [-0.05, 0) is 24.8 Å². The minimum atomic E-state index is -0.0494. The van der Waals surface area contributed by atoms with Gasteiger partial charge < -0.3 is 20.7 Å². The van der Waals surface area contributed by atoms with Crippen LogP contribution in [-0.4, -0.2) is 49.0 Å². The first-order valence-corrected chi connectivity index (χ1v) is 9.08. The zero-order chi connectivity index (χ0) is 17.9.